The number of benzene rings is 3. The van der Waals surface area contributed by atoms with E-state index in [1.165, 1.54) is 16.8 Å². The third-order valence-electron chi connectivity index (χ3n) is 8.43. The van der Waals surface area contributed by atoms with E-state index < -0.39 is 21.9 Å². The molecule has 1 aromatic heterocycles. The van der Waals surface area contributed by atoms with Gasteiger partial charge in [-0.3, -0.25) is 4.79 Å². The molecule has 1 heterocycles. The molecule has 1 saturated carbocycles. The molecule has 5 rings (SSSR count). The Bertz CT molecular complexity index is 2070. The summed E-state index contributed by atoms with van der Waals surface area (Å²) in [5.74, 6) is -0.676. The molecule has 1 aliphatic carbocycles. The molecule has 4 aromatic rings. The highest BCUT2D eigenvalue weighted by atomic mass is 35.5. The van der Waals surface area contributed by atoms with Crippen molar-refractivity contribution in [3.05, 3.63) is 93.5 Å². The maximum absolute atomic E-state index is 16.1. The number of aryl methyl sites for hydroxylation is 2. The van der Waals surface area contributed by atoms with E-state index in [1.807, 2.05) is 18.6 Å². The van der Waals surface area contributed by atoms with Crippen LogP contribution in [0.2, 0.25) is 5.02 Å². The van der Waals surface area contributed by atoms with Gasteiger partial charge in [0, 0.05) is 29.2 Å². The lowest BCUT2D eigenvalue weighted by molar-refractivity contribution is -0.117. The number of hydrogen-bond donors (Lipinski definition) is 2. The maximum atomic E-state index is 16.1. The van der Waals surface area contributed by atoms with Crippen LogP contribution in [0.4, 0.5) is 14.9 Å². The van der Waals surface area contributed by atoms with Crippen molar-refractivity contribution >= 4 is 39.3 Å². The van der Waals surface area contributed by atoms with Gasteiger partial charge in [0.2, 0.25) is 5.91 Å². The van der Waals surface area contributed by atoms with Gasteiger partial charge in [-0.15, -0.1) is 0 Å². The highest BCUT2D eigenvalue weighted by Gasteiger charge is 2.30. The van der Waals surface area contributed by atoms with Crippen molar-refractivity contribution in [3.8, 4) is 22.9 Å². The monoisotopic (exact) mass is 719 g/mol. The molecular formula is C37H39ClFN5O5S. The lowest BCUT2D eigenvalue weighted by atomic mass is 9.96. The summed E-state index contributed by atoms with van der Waals surface area (Å²) in [4.78, 5) is 24.3. The highest BCUT2D eigenvalue weighted by Crippen LogP contribution is 2.34. The summed E-state index contributed by atoms with van der Waals surface area (Å²) in [7, 11) is -4.35. The predicted molar refractivity (Wildman–Crippen MR) is 189 cm³/mol. The molecule has 0 spiro atoms. The van der Waals surface area contributed by atoms with Crippen LogP contribution in [-0.4, -0.2) is 36.8 Å². The summed E-state index contributed by atoms with van der Waals surface area (Å²) in [5, 5.41) is 18.4. The normalized spacial score (nSPS) is 12.7. The number of carbonyl (C=O) groups excluding carboxylic acids is 2. The number of aromatic nitrogens is 2. The van der Waals surface area contributed by atoms with Crippen molar-refractivity contribution in [1.82, 2.24) is 14.5 Å². The Morgan fingerprint density at radius 1 is 1.06 bits per heavy atom. The SMILES string of the molecule is CCCCc1nn(-c2cc(NC(=O)C3CC3)ccc2Cl)c(C#N)c1Cc1ccc(-c2cc(CCC)ccc2S(=O)(=O)NC(=O)OCC)cc1F. The summed E-state index contributed by atoms with van der Waals surface area (Å²) in [6.07, 6.45) is 4.30. The van der Waals surface area contributed by atoms with Crippen molar-refractivity contribution in [2.75, 3.05) is 11.9 Å². The lowest BCUT2D eigenvalue weighted by Crippen LogP contribution is -2.31. The Hall–Kier alpha value is -4.73. The fraction of sp³-hybridized carbons (Fsp3) is 0.351. The van der Waals surface area contributed by atoms with Crippen molar-refractivity contribution in [2.45, 2.75) is 77.0 Å². The third-order valence-corrected chi connectivity index (χ3v) is 10.1. The van der Waals surface area contributed by atoms with Crippen molar-refractivity contribution < 1.29 is 27.1 Å². The Kier molecular flexibility index (Phi) is 11.6. The zero-order valence-electron chi connectivity index (χ0n) is 28.2. The first-order chi connectivity index (χ1) is 24.0. The zero-order valence-corrected chi connectivity index (χ0v) is 29.8. The molecule has 50 heavy (non-hydrogen) atoms. The largest absolute Gasteiger partial charge is 0.449 e. The summed E-state index contributed by atoms with van der Waals surface area (Å²) in [6, 6.07) is 16.4. The fourth-order valence-electron chi connectivity index (χ4n) is 5.71. The molecule has 3 aromatic carbocycles. The molecule has 2 N–H and O–H groups in total. The lowest BCUT2D eigenvalue weighted by Gasteiger charge is -2.14. The van der Waals surface area contributed by atoms with Crippen molar-refractivity contribution in [2.24, 2.45) is 5.92 Å². The van der Waals surface area contributed by atoms with E-state index in [0.29, 0.717) is 46.1 Å². The van der Waals surface area contributed by atoms with E-state index in [4.69, 9.17) is 21.4 Å². The second-order valence-electron chi connectivity index (χ2n) is 12.2. The van der Waals surface area contributed by atoms with Gasteiger partial charge in [0.1, 0.15) is 17.6 Å². The maximum Gasteiger partial charge on any atom is 0.421 e. The molecule has 0 aliphatic heterocycles. The first-order valence-electron chi connectivity index (χ1n) is 16.7. The standard InChI is InChI=1S/C37H39ClFN5O5S/c1-4-7-9-32-29(34(22-40)44(42-32)33-21-27(15-16-30(33)38)41-36(45)24-11-12-24)19-26-14-13-25(20-31(26)39)28-18-23(8-5-2)10-17-35(28)50(47,48)43-37(46)49-6-3/h10,13-18,20-21,24H,4-9,11-12,19H2,1-3H3,(H,41,45)(H,43,46). The molecule has 0 unspecified atom stereocenters. The van der Waals surface area contributed by atoms with Gasteiger partial charge in [-0.2, -0.15) is 10.4 Å². The molecule has 0 bridgehead atoms. The van der Waals surface area contributed by atoms with E-state index in [9.17, 15) is 23.3 Å². The number of ether oxygens (including phenoxy) is 1. The van der Waals surface area contributed by atoms with E-state index in [-0.39, 0.29) is 46.6 Å². The third kappa shape index (κ3) is 8.34. The molecule has 0 saturated heterocycles. The number of nitriles is 1. The van der Waals surface area contributed by atoms with Gasteiger partial charge in [0.05, 0.1) is 27.9 Å². The van der Waals surface area contributed by atoms with Gasteiger partial charge in [-0.05, 0) is 92.1 Å². The van der Waals surface area contributed by atoms with Crippen LogP contribution in [0.1, 0.15) is 81.0 Å². The summed E-state index contributed by atoms with van der Waals surface area (Å²) >= 11 is 6.60. The Balaban J connectivity index is 1.53. The van der Waals surface area contributed by atoms with Gasteiger partial charge >= 0.3 is 6.09 Å². The summed E-state index contributed by atoms with van der Waals surface area (Å²) < 4.78 is 50.7. The number of sulfonamides is 1. The highest BCUT2D eigenvalue weighted by molar-refractivity contribution is 7.90. The first kappa shape index (κ1) is 36.5. The van der Waals surface area contributed by atoms with Crippen LogP contribution < -0.4 is 10.0 Å². The molecular weight excluding hydrogens is 681 g/mol. The van der Waals surface area contributed by atoms with Gasteiger partial charge in [0.25, 0.3) is 10.0 Å². The first-order valence-corrected chi connectivity index (χ1v) is 18.6. The van der Waals surface area contributed by atoms with E-state index in [2.05, 4.69) is 11.4 Å². The average Bonchev–Trinajstić information content (AvgIpc) is 3.88. The average molecular weight is 720 g/mol. The molecule has 1 aliphatic rings. The minimum atomic E-state index is -4.35. The number of halogens is 2. The number of carbonyl (C=O) groups is 2. The van der Waals surface area contributed by atoms with Crippen molar-refractivity contribution in [3.63, 3.8) is 0 Å². The fourth-order valence-corrected chi connectivity index (χ4v) is 7.01. The van der Waals surface area contributed by atoms with Crippen LogP contribution in [0.5, 0.6) is 0 Å². The van der Waals surface area contributed by atoms with E-state index in [0.717, 1.165) is 37.7 Å². The number of anilines is 1. The molecule has 262 valence electrons. The smallest absolute Gasteiger partial charge is 0.421 e. The van der Waals surface area contributed by atoms with Crippen molar-refractivity contribution in [1.29, 1.82) is 5.26 Å². The van der Waals surface area contributed by atoms with Crippen LogP contribution in [-0.2, 0) is 38.8 Å². The zero-order chi connectivity index (χ0) is 36.0. The van der Waals surface area contributed by atoms with Crippen LogP contribution in [0.25, 0.3) is 16.8 Å². The Morgan fingerprint density at radius 2 is 1.84 bits per heavy atom. The van der Waals surface area contributed by atoms with Gasteiger partial charge < -0.3 is 10.1 Å². The minimum Gasteiger partial charge on any atom is -0.449 e. The van der Waals surface area contributed by atoms with E-state index in [1.54, 1.807) is 49.4 Å². The molecule has 10 nitrogen and oxygen atoms in total. The van der Waals surface area contributed by atoms with Crippen LogP contribution in [0, 0.1) is 23.1 Å². The molecule has 13 heteroatoms. The summed E-state index contributed by atoms with van der Waals surface area (Å²) in [5.41, 5.74) is 3.96. The molecule has 0 radical (unpaired) electrons. The predicted octanol–water partition coefficient (Wildman–Crippen LogP) is 7.87. The minimum absolute atomic E-state index is 0.000397. The number of unbranched alkanes of at least 4 members (excludes halogenated alkanes) is 1. The molecule has 1 fully saturated rings. The second-order valence-corrected chi connectivity index (χ2v) is 14.3. The topological polar surface area (TPSA) is 143 Å². The number of nitrogens with zero attached hydrogens (tertiary/aromatic N) is 3. The second kappa shape index (κ2) is 15.9. The number of nitrogens with one attached hydrogen (secondary N) is 2. The Morgan fingerprint density at radius 3 is 2.50 bits per heavy atom. The number of rotatable bonds is 14. The summed E-state index contributed by atoms with van der Waals surface area (Å²) in [6.45, 7) is 5.57. The Labute approximate surface area is 296 Å². The number of amides is 2. The van der Waals surface area contributed by atoms with Gasteiger partial charge in [0.15, 0.2) is 0 Å². The molecule has 0 atom stereocenters. The van der Waals surface area contributed by atoms with E-state index >= 15 is 4.39 Å². The quantitative estimate of drug-likeness (QED) is 0.135. The van der Waals surface area contributed by atoms with Gasteiger partial charge in [-0.1, -0.05) is 56.5 Å². The molecule has 2 amide bonds. The van der Waals surface area contributed by atoms with Crippen LogP contribution >= 0.6 is 11.6 Å². The number of hydrogen-bond acceptors (Lipinski definition) is 7. The van der Waals surface area contributed by atoms with Gasteiger partial charge in [-0.25, -0.2) is 27.0 Å². The van der Waals surface area contributed by atoms with Crippen LogP contribution in [0.15, 0.2) is 59.5 Å². The van der Waals surface area contributed by atoms with Crippen LogP contribution in [0.3, 0.4) is 0 Å².